The molecule has 0 spiro atoms. The summed E-state index contributed by atoms with van der Waals surface area (Å²) in [4.78, 5) is 0. The molecule has 1 rings (SSSR count). The van der Waals surface area contributed by atoms with E-state index in [1.165, 1.54) is 0 Å². The lowest BCUT2D eigenvalue weighted by Crippen LogP contribution is -2.05. The van der Waals surface area contributed by atoms with Gasteiger partial charge in [-0.1, -0.05) is 19.1 Å². The van der Waals surface area contributed by atoms with Gasteiger partial charge in [0.15, 0.2) is 0 Å². The van der Waals surface area contributed by atoms with Crippen LogP contribution < -0.4 is 5.73 Å². The molecule has 0 aliphatic rings. The number of anilines is 1. The van der Waals surface area contributed by atoms with Gasteiger partial charge in [0.25, 0.3) is 0 Å². The summed E-state index contributed by atoms with van der Waals surface area (Å²) in [5, 5.41) is 8.80. The van der Waals surface area contributed by atoms with Gasteiger partial charge < -0.3 is 10.5 Å². The molecule has 0 saturated carbocycles. The fraction of sp³-hybridized carbons (Fsp3) is 0.364. The minimum Gasteiger partial charge on any atom is -0.397 e. The molecule has 14 heavy (non-hydrogen) atoms. The molecule has 0 bridgehead atoms. The Kier molecular flexibility index (Phi) is 3.49. The van der Waals surface area contributed by atoms with Crippen LogP contribution in [0.25, 0.3) is 0 Å². The topological polar surface area (TPSA) is 59.0 Å². The highest BCUT2D eigenvalue weighted by Gasteiger charge is 2.13. The monoisotopic (exact) mass is 190 g/mol. The molecule has 0 aromatic heterocycles. The smallest absolute Gasteiger partial charge is 0.101 e. The Morgan fingerprint density at radius 1 is 1.57 bits per heavy atom. The van der Waals surface area contributed by atoms with Crippen LogP contribution in [0.4, 0.5) is 5.69 Å². The van der Waals surface area contributed by atoms with Crippen LogP contribution in [0.3, 0.4) is 0 Å². The van der Waals surface area contributed by atoms with Crippen LogP contribution in [0.2, 0.25) is 0 Å². The second-order valence-corrected chi connectivity index (χ2v) is 3.05. The number of para-hydroxylation sites is 1. The van der Waals surface area contributed by atoms with Gasteiger partial charge in [-0.3, -0.25) is 0 Å². The quantitative estimate of drug-likeness (QED) is 0.743. The summed E-state index contributed by atoms with van der Waals surface area (Å²) in [6.07, 6.45) is 0.818. The van der Waals surface area contributed by atoms with Gasteiger partial charge in [-0.15, -0.1) is 0 Å². The lowest BCUT2D eigenvalue weighted by Gasteiger charge is -2.16. The van der Waals surface area contributed by atoms with Crippen molar-refractivity contribution >= 4 is 5.69 Å². The van der Waals surface area contributed by atoms with Gasteiger partial charge in [0.05, 0.1) is 17.4 Å². The van der Waals surface area contributed by atoms with E-state index < -0.39 is 0 Å². The van der Waals surface area contributed by atoms with Crippen molar-refractivity contribution in [2.75, 3.05) is 12.8 Å². The summed E-state index contributed by atoms with van der Waals surface area (Å²) < 4.78 is 5.28. The van der Waals surface area contributed by atoms with E-state index in [1.807, 2.05) is 19.1 Å². The molecule has 0 heterocycles. The molecule has 2 N–H and O–H groups in total. The third kappa shape index (κ3) is 1.86. The highest BCUT2D eigenvalue weighted by Crippen LogP contribution is 2.27. The van der Waals surface area contributed by atoms with Crippen LogP contribution in [0.1, 0.15) is 30.6 Å². The van der Waals surface area contributed by atoms with Crippen LogP contribution in [-0.4, -0.2) is 7.11 Å². The fourth-order valence-electron chi connectivity index (χ4n) is 1.47. The van der Waals surface area contributed by atoms with Crippen LogP contribution in [0.15, 0.2) is 18.2 Å². The SMILES string of the molecule is CCC(OC)c1cccc(C#N)c1N. The molecule has 0 fully saturated rings. The zero-order chi connectivity index (χ0) is 10.6. The highest BCUT2D eigenvalue weighted by atomic mass is 16.5. The van der Waals surface area contributed by atoms with Gasteiger partial charge in [-0.2, -0.15) is 5.26 Å². The van der Waals surface area contributed by atoms with Gasteiger partial charge in [0, 0.05) is 12.7 Å². The largest absolute Gasteiger partial charge is 0.397 e. The number of methoxy groups -OCH3 is 1. The average Bonchev–Trinajstić information content (AvgIpc) is 2.22. The normalized spacial score (nSPS) is 12.1. The molecule has 0 aliphatic heterocycles. The van der Waals surface area contributed by atoms with Crippen LogP contribution in [-0.2, 0) is 4.74 Å². The van der Waals surface area contributed by atoms with E-state index in [1.54, 1.807) is 13.2 Å². The van der Waals surface area contributed by atoms with Crippen LogP contribution in [0, 0.1) is 11.3 Å². The van der Waals surface area contributed by atoms with Gasteiger partial charge in [0.1, 0.15) is 6.07 Å². The van der Waals surface area contributed by atoms with E-state index in [2.05, 4.69) is 6.07 Å². The summed E-state index contributed by atoms with van der Waals surface area (Å²) in [5.74, 6) is 0. The standard InChI is InChI=1S/C11H14N2O/c1-3-10(14-2)9-6-4-5-8(7-12)11(9)13/h4-6,10H,3,13H2,1-2H3. The van der Waals surface area contributed by atoms with E-state index in [4.69, 9.17) is 15.7 Å². The summed E-state index contributed by atoms with van der Waals surface area (Å²) in [6, 6.07) is 7.49. The van der Waals surface area contributed by atoms with E-state index in [9.17, 15) is 0 Å². The van der Waals surface area contributed by atoms with Crippen molar-refractivity contribution in [1.82, 2.24) is 0 Å². The van der Waals surface area contributed by atoms with Crippen molar-refractivity contribution in [3.05, 3.63) is 29.3 Å². The second kappa shape index (κ2) is 4.64. The lowest BCUT2D eigenvalue weighted by molar-refractivity contribution is 0.101. The predicted octanol–water partition coefficient (Wildman–Crippen LogP) is 2.24. The molecule has 0 aliphatic carbocycles. The minimum atomic E-state index is -0.0247. The Morgan fingerprint density at radius 2 is 2.29 bits per heavy atom. The van der Waals surface area contributed by atoms with Crippen molar-refractivity contribution < 1.29 is 4.74 Å². The Morgan fingerprint density at radius 3 is 2.79 bits per heavy atom. The molecule has 0 saturated heterocycles. The Balaban J connectivity index is 3.15. The zero-order valence-corrected chi connectivity index (χ0v) is 8.45. The molecular weight excluding hydrogens is 176 g/mol. The van der Waals surface area contributed by atoms with Crippen LogP contribution >= 0.6 is 0 Å². The highest BCUT2D eigenvalue weighted by molar-refractivity contribution is 5.59. The van der Waals surface area contributed by atoms with Gasteiger partial charge in [-0.05, 0) is 12.5 Å². The number of nitrogens with two attached hydrogens (primary N) is 1. The van der Waals surface area contributed by atoms with Gasteiger partial charge >= 0.3 is 0 Å². The van der Waals surface area contributed by atoms with Gasteiger partial charge in [0.2, 0.25) is 0 Å². The Hall–Kier alpha value is -1.53. The lowest BCUT2D eigenvalue weighted by atomic mass is 10.0. The van der Waals surface area contributed by atoms with Crippen molar-refractivity contribution in [2.24, 2.45) is 0 Å². The third-order valence-corrected chi connectivity index (χ3v) is 2.26. The second-order valence-electron chi connectivity index (χ2n) is 3.05. The first kappa shape index (κ1) is 10.6. The summed E-state index contributed by atoms with van der Waals surface area (Å²) in [6.45, 7) is 2.02. The first-order valence-corrected chi connectivity index (χ1v) is 4.55. The number of hydrogen-bond donors (Lipinski definition) is 1. The fourth-order valence-corrected chi connectivity index (χ4v) is 1.47. The van der Waals surface area contributed by atoms with Crippen molar-refractivity contribution in [3.63, 3.8) is 0 Å². The Bertz CT molecular complexity index is 351. The number of nitriles is 1. The molecule has 3 nitrogen and oxygen atoms in total. The maximum Gasteiger partial charge on any atom is 0.101 e. The summed E-state index contributed by atoms with van der Waals surface area (Å²) in [7, 11) is 1.65. The number of benzene rings is 1. The molecular formula is C11H14N2O. The third-order valence-electron chi connectivity index (χ3n) is 2.26. The Labute approximate surface area is 84.1 Å². The molecule has 3 heteroatoms. The predicted molar refractivity (Wildman–Crippen MR) is 55.6 cm³/mol. The first-order chi connectivity index (χ1) is 6.74. The van der Waals surface area contributed by atoms with E-state index >= 15 is 0 Å². The molecule has 0 amide bonds. The van der Waals surface area contributed by atoms with Crippen LogP contribution in [0.5, 0.6) is 0 Å². The van der Waals surface area contributed by atoms with Crippen molar-refractivity contribution in [2.45, 2.75) is 19.4 Å². The number of hydrogen-bond acceptors (Lipinski definition) is 3. The number of ether oxygens (including phenoxy) is 1. The van der Waals surface area contributed by atoms with E-state index in [0.717, 1.165) is 12.0 Å². The summed E-state index contributed by atoms with van der Waals surface area (Å²) in [5.41, 5.74) is 7.78. The molecule has 1 aromatic carbocycles. The summed E-state index contributed by atoms with van der Waals surface area (Å²) >= 11 is 0. The molecule has 1 aromatic rings. The molecule has 0 radical (unpaired) electrons. The molecule has 74 valence electrons. The van der Waals surface area contributed by atoms with Crippen molar-refractivity contribution in [3.8, 4) is 6.07 Å². The first-order valence-electron chi connectivity index (χ1n) is 4.55. The average molecular weight is 190 g/mol. The number of rotatable bonds is 3. The maximum atomic E-state index is 8.80. The maximum absolute atomic E-state index is 8.80. The van der Waals surface area contributed by atoms with Gasteiger partial charge in [-0.25, -0.2) is 0 Å². The van der Waals surface area contributed by atoms with E-state index in [0.29, 0.717) is 11.3 Å². The van der Waals surface area contributed by atoms with Crippen molar-refractivity contribution in [1.29, 1.82) is 5.26 Å². The number of nitrogen functional groups attached to an aromatic ring is 1. The molecule has 1 atom stereocenters. The zero-order valence-electron chi connectivity index (χ0n) is 8.45. The van der Waals surface area contributed by atoms with E-state index in [-0.39, 0.29) is 6.10 Å². The number of nitrogens with zero attached hydrogens (tertiary/aromatic N) is 1. The molecule has 1 unspecified atom stereocenters. The minimum absolute atomic E-state index is 0.0247.